The summed E-state index contributed by atoms with van der Waals surface area (Å²) >= 11 is 7.58. The van der Waals surface area contributed by atoms with Crippen LogP contribution in [0.2, 0.25) is 5.02 Å². The summed E-state index contributed by atoms with van der Waals surface area (Å²) in [7, 11) is 1.63. The van der Waals surface area contributed by atoms with Gasteiger partial charge in [-0.1, -0.05) is 23.7 Å². The molecule has 0 saturated carbocycles. The van der Waals surface area contributed by atoms with Crippen molar-refractivity contribution in [1.82, 2.24) is 10.3 Å². The molecule has 1 aromatic heterocycles. The first-order valence-corrected chi connectivity index (χ1v) is 9.60. The second-order valence-corrected chi connectivity index (χ2v) is 7.05. The van der Waals surface area contributed by atoms with Gasteiger partial charge in [-0.3, -0.25) is 4.79 Å². The zero-order valence-electron chi connectivity index (χ0n) is 14.9. The Labute approximate surface area is 166 Å². The van der Waals surface area contributed by atoms with Gasteiger partial charge in [-0.05, 0) is 43.3 Å². The molecule has 1 heterocycles. The van der Waals surface area contributed by atoms with Crippen LogP contribution in [0.5, 0.6) is 11.5 Å². The second kappa shape index (κ2) is 8.88. The van der Waals surface area contributed by atoms with Gasteiger partial charge < -0.3 is 14.8 Å². The highest BCUT2D eigenvalue weighted by Crippen LogP contribution is 2.26. The average Bonchev–Trinajstić information content (AvgIpc) is 3.17. The lowest BCUT2D eigenvalue weighted by Crippen LogP contribution is -2.36. The number of hydrogen-bond donors (Lipinski definition) is 1. The number of amides is 1. The number of rotatable bonds is 7. The number of aromatic nitrogens is 1. The van der Waals surface area contributed by atoms with Crippen LogP contribution in [-0.4, -0.2) is 24.1 Å². The van der Waals surface area contributed by atoms with Crippen molar-refractivity contribution in [3.63, 3.8) is 0 Å². The molecule has 1 unspecified atom stereocenters. The van der Waals surface area contributed by atoms with Crippen molar-refractivity contribution in [1.29, 1.82) is 0 Å². The Hall–Kier alpha value is -2.57. The molecule has 0 saturated heterocycles. The maximum absolute atomic E-state index is 12.3. The normalized spacial score (nSPS) is 11.7. The first-order chi connectivity index (χ1) is 13.1. The van der Waals surface area contributed by atoms with Gasteiger partial charge in [0.05, 0.1) is 24.4 Å². The fraction of sp³-hybridized carbons (Fsp3) is 0.200. The molecule has 0 aliphatic rings. The van der Waals surface area contributed by atoms with Crippen molar-refractivity contribution in [2.24, 2.45) is 0 Å². The first-order valence-electron chi connectivity index (χ1n) is 8.34. The van der Waals surface area contributed by atoms with Crippen LogP contribution >= 0.6 is 22.9 Å². The molecule has 2 aromatic carbocycles. The Morgan fingerprint density at radius 3 is 2.67 bits per heavy atom. The molecule has 1 amide bonds. The van der Waals surface area contributed by atoms with Crippen molar-refractivity contribution >= 4 is 28.8 Å². The maximum atomic E-state index is 12.3. The maximum Gasteiger partial charge on any atom is 0.261 e. The largest absolute Gasteiger partial charge is 0.497 e. The van der Waals surface area contributed by atoms with Crippen molar-refractivity contribution in [3.8, 4) is 22.1 Å². The molecular formula is C20H19ClN2O3S. The Morgan fingerprint density at radius 2 is 1.96 bits per heavy atom. The zero-order chi connectivity index (χ0) is 19.2. The number of methoxy groups -OCH3 is 1. The molecule has 7 heteroatoms. The Balaban J connectivity index is 1.56. The van der Waals surface area contributed by atoms with Crippen LogP contribution in [-0.2, 0) is 11.3 Å². The van der Waals surface area contributed by atoms with Crippen molar-refractivity contribution < 1.29 is 14.3 Å². The summed E-state index contributed by atoms with van der Waals surface area (Å²) < 4.78 is 10.8. The molecule has 0 aliphatic carbocycles. The number of nitrogens with zero attached hydrogens (tertiary/aromatic N) is 1. The summed E-state index contributed by atoms with van der Waals surface area (Å²) in [5, 5.41) is 6.13. The summed E-state index contributed by atoms with van der Waals surface area (Å²) in [6.45, 7) is 2.02. The second-order valence-electron chi connectivity index (χ2n) is 5.78. The van der Waals surface area contributed by atoms with E-state index in [1.165, 1.54) is 11.3 Å². The van der Waals surface area contributed by atoms with Gasteiger partial charge in [0.15, 0.2) is 6.10 Å². The van der Waals surface area contributed by atoms with Gasteiger partial charge in [0.2, 0.25) is 0 Å². The Kier molecular flexibility index (Phi) is 6.32. The van der Waals surface area contributed by atoms with Gasteiger partial charge >= 0.3 is 0 Å². The average molecular weight is 403 g/mol. The van der Waals surface area contributed by atoms with E-state index < -0.39 is 6.10 Å². The molecule has 3 rings (SSSR count). The third-order valence-corrected chi connectivity index (χ3v) is 5.09. The molecule has 1 atom stereocenters. The molecule has 0 spiro atoms. The highest BCUT2D eigenvalue weighted by atomic mass is 35.5. The number of carbonyl (C=O) groups excluding carboxylic acids is 1. The number of carbonyl (C=O) groups is 1. The van der Waals surface area contributed by atoms with E-state index in [2.05, 4.69) is 10.3 Å². The predicted molar refractivity (Wildman–Crippen MR) is 107 cm³/mol. The van der Waals surface area contributed by atoms with Crippen LogP contribution in [0.3, 0.4) is 0 Å². The monoisotopic (exact) mass is 402 g/mol. The Morgan fingerprint density at radius 1 is 1.22 bits per heavy atom. The molecule has 0 radical (unpaired) electrons. The smallest absolute Gasteiger partial charge is 0.261 e. The van der Waals surface area contributed by atoms with E-state index >= 15 is 0 Å². The number of benzene rings is 2. The van der Waals surface area contributed by atoms with Crippen molar-refractivity contribution in [2.75, 3.05) is 7.11 Å². The minimum Gasteiger partial charge on any atom is -0.497 e. The molecule has 0 bridgehead atoms. The van der Waals surface area contributed by atoms with Crippen LogP contribution in [0.25, 0.3) is 10.6 Å². The highest BCUT2D eigenvalue weighted by Gasteiger charge is 2.16. The topological polar surface area (TPSA) is 60.5 Å². The molecule has 1 N–H and O–H groups in total. The van der Waals surface area contributed by atoms with Gasteiger partial charge in [0.1, 0.15) is 16.5 Å². The van der Waals surface area contributed by atoms with Crippen molar-refractivity contribution in [3.05, 3.63) is 64.6 Å². The summed E-state index contributed by atoms with van der Waals surface area (Å²) in [4.78, 5) is 16.8. The standard InChI is InChI=1S/C20H19ClN2O3S/c1-13(26-18-6-4-3-5-17(18)21)19(24)22-11-15-12-27-20(23-15)14-7-9-16(25-2)10-8-14/h3-10,12-13H,11H2,1-2H3,(H,22,24). The molecule has 0 fully saturated rings. The van der Waals surface area contributed by atoms with Crippen LogP contribution in [0.4, 0.5) is 0 Å². The van der Waals surface area contributed by atoms with Gasteiger partial charge in [-0.25, -0.2) is 4.98 Å². The van der Waals surface area contributed by atoms with Gasteiger partial charge in [-0.15, -0.1) is 11.3 Å². The van der Waals surface area contributed by atoms with E-state index in [1.807, 2.05) is 41.8 Å². The van der Waals surface area contributed by atoms with Gasteiger partial charge in [0, 0.05) is 10.9 Å². The lowest BCUT2D eigenvalue weighted by atomic mass is 10.2. The molecular weight excluding hydrogens is 384 g/mol. The predicted octanol–water partition coefficient (Wildman–Crippen LogP) is 4.56. The lowest BCUT2D eigenvalue weighted by Gasteiger charge is -2.15. The molecule has 5 nitrogen and oxygen atoms in total. The summed E-state index contributed by atoms with van der Waals surface area (Å²) in [6, 6.07) is 14.8. The van der Waals surface area contributed by atoms with Crippen molar-refractivity contribution in [2.45, 2.75) is 19.6 Å². The van der Waals surface area contributed by atoms with Crippen LogP contribution in [0.1, 0.15) is 12.6 Å². The minimum atomic E-state index is -0.662. The summed E-state index contributed by atoms with van der Waals surface area (Å²) in [6.07, 6.45) is -0.662. The van der Waals surface area contributed by atoms with E-state index in [4.69, 9.17) is 21.1 Å². The quantitative estimate of drug-likeness (QED) is 0.629. The van der Waals surface area contributed by atoms with Gasteiger partial charge in [-0.2, -0.15) is 0 Å². The first kappa shape index (κ1) is 19.2. The fourth-order valence-electron chi connectivity index (χ4n) is 2.36. The van der Waals surface area contributed by atoms with E-state index in [9.17, 15) is 4.79 Å². The number of ether oxygens (including phenoxy) is 2. The SMILES string of the molecule is COc1ccc(-c2nc(CNC(=O)C(C)Oc3ccccc3Cl)cs2)cc1. The highest BCUT2D eigenvalue weighted by molar-refractivity contribution is 7.13. The number of nitrogens with one attached hydrogen (secondary N) is 1. The van der Waals surface area contributed by atoms with Crippen LogP contribution in [0.15, 0.2) is 53.9 Å². The molecule has 27 heavy (non-hydrogen) atoms. The molecule has 140 valence electrons. The van der Waals surface area contributed by atoms with Gasteiger partial charge in [0.25, 0.3) is 5.91 Å². The third-order valence-electron chi connectivity index (χ3n) is 3.84. The van der Waals surface area contributed by atoms with E-state index in [1.54, 1.807) is 26.2 Å². The Bertz CT molecular complexity index is 912. The van der Waals surface area contributed by atoms with Crippen LogP contribution in [0, 0.1) is 0 Å². The summed E-state index contributed by atoms with van der Waals surface area (Å²) in [5.41, 5.74) is 1.80. The number of halogens is 1. The third kappa shape index (κ3) is 4.99. The molecule has 0 aliphatic heterocycles. The minimum absolute atomic E-state index is 0.228. The fourth-order valence-corrected chi connectivity index (χ4v) is 3.37. The van der Waals surface area contributed by atoms with E-state index in [0.29, 0.717) is 17.3 Å². The molecule has 3 aromatic rings. The number of thiazole rings is 1. The zero-order valence-corrected chi connectivity index (χ0v) is 16.5. The van der Waals surface area contributed by atoms with Crippen LogP contribution < -0.4 is 14.8 Å². The summed E-state index contributed by atoms with van der Waals surface area (Å²) in [5.74, 6) is 1.06. The number of hydrogen-bond acceptors (Lipinski definition) is 5. The van der Waals surface area contributed by atoms with E-state index in [-0.39, 0.29) is 5.91 Å². The lowest BCUT2D eigenvalue weighted by molar-refractivity contribution is -0.127. The number of para-hydroxylation sites is 1. The van der Waals surface area contributed by atoms with E-state index in [0.717, 1.165) is 22.0 Å².